The summed E-state index contributed by atoms with van der Waals surface area (Å²) in [7, 11) is 0. The Morgan fingerprint density at radius 2 is 1.21 bits per heavy atom. The number of para-hydroxylation sites is 4. The molecule has 0 atom stereocenters. The molecule has 0 saturated carbocycles. The predicted molar refractivity (Wildman–Crippen MR) is 167 cm³/mol. The van der Waals surface area contributed by atoms with E-state index in [0.29, 0.717) is 0 Å². The van der Waals surface area contributed by atoms with Gasteiger partial charge in [-0.1, -0.05) is 48.4 Å². The number of hydrogen-bond donors (Lipinski definition) is 0. The highest BCUT2D eigenvalue weighted by Crippen LogP contribution is 2.47. The molecule has 0 radical (unpaired) electrons. The van der Waals surface area contributed by atoms with Gasteiger partial charge in [-0.2, -0.15) is 0 Å². The Morgan fingerprint density at radius 1 is 0.590 bits per heavy atom. The van der Waals surface area contributed by atoms with Gasteiger partial charge in [0.25, 0.3) is 0 Å². The summed E-state index contributed by atoms with van der Waals surface area (Å²) < 4.78 is 2.48. The fourth-order valence-electron chi connectivity index (χ4n) is 6.39. The summed E-state index contributed by atoms with van der Waals surface area (Å²) in [5, 5.41) is 2.52. The molecular formula is C31H21B2N5S. The predicted octanol–water partition coefficient (Wildman–Crippen LogP) is 7.59. The molecule has 0 fully saturated rings. The zero-order valence-electron chi connectivity index (χ0n) is 20.9. The van der Waals surface area contributed by atoms with E-state index in [-0.39, 0.29) is 14.0 Å². The smallest absolute Gasteiger partial charge is 0.367 e. The van der Waals surface area contributed by atoms with Crippen molar-refractivity contribution in [3.63, 3.8) is 0 Å². The number of rotatable bonds is 2. The SMILES string of the molecule is C1=CB2N(C=C1)c1ccccc1N2c1ccc2sc3cnc(N4B5C=CC=CN5c5ccccc54)cc3c2c1. The second-order valence-electron chi connectivity index (χ2n) is 10.1. The van der Waals surface area contributed by atoms with Gasteiger partial charge >= 0.3 is 14.0 Å². The molecule has 2 aromatic heterocycles. The topological polar surface area (TPSA) is 25.9 Å². The van der Waals surface area contributed by atoms with Crippen molar-refractivity contribution in [2.24, 2.45) is 0 Å². The van der Waals surface area contributed by atoms with Crippen LogP contribution in [-0.2, 0) is 0 Å². The molecule has 4 aliphatic rings. The van der Waals surface area contributed by atoms with E-state index in [4.69, 9.17) is 4.98 Å². The number of allylic oxidation sites excluding steroid dienone is 4. The lowest BCUT2D eigenvalue weighted by atomic mass is 9.71. The molecule has 5 nitrogen and oxygen atoms in total. The average molecular weight is 517 g/mol. The first-order chi connectivity index (χ1) is 19.3. The molecule has 39 heavy (non-hydrogen) atoms. The minimum atomic E-state index is 0.0797. The molecule has 0 saturated heterocycles. The minimum Gasteiger partial charge on any atom is -0.367 e. The zero-order chi connectivity index (χ0) is 25.5. The molecule has 0 N–H and O–H groups in total. The van der Waals surface area contributed by atoms with Gasteiger partial charge in [-0.05, 0) is 73.1 Å². The lowest BCUT2D eigenvalue weighted by molar-refractivity contribution is 1.26. The minimum absolute atomic E-state index is 0.0797. The van der Waals surface area contributed by atoms with Crippen LogP contribution in [0, 0.1) is 0 Å². The van der Waals surface area contributed by atoms with Crippen molar-refractivity contribution in [1.82, 2.24) is 4.98 Å². The largest absolute Gasteiger partial charge is 0.413 e. The fourth-order valence-corrected chi connectivity index (χ4v) is 7.43. The van der Waals surface area contributed by atoms with Crippen molar-refractivity contribution in [3.8, 4) is 0 Å². The molecule has 3 aromatic carbocycles. The van der Waals surface area contributed by atoms with Crippen molar-refractivity contribution in [1.29, 1.82) is 0 Å². The molecule has 4 aliphatic heterocycles. The molecule has 0 bridgehead atoms. The monoisotopic (exact) mass is 517 g/mol. The zero-order valence-corrected chi connectivity index (χ0v) is 21.7. The lowest BCUT2D eigenvalue weighted by Crippen LogP contribution is -2.43. The number of aromatic nitrogens is 1. The Labute approximate surface area is 231 Å². The van der Waals surface area contributed by atoms with Crippen LogP contribution < -0.4 is 19.2 Å². The molecular weight excluding hydrogens is 496 g/mol. The second kappa shape index (κ2) is 7.91. The molecule has 0 amide bonds. The fraction of sp³-hybridized carbons (Fsp3) is 0. The number of anilines is 6. The highest BCUT2D eigenvalue weighted by atomic mass is 32.1. The van der Waals surface area contributed by atoms with E-state index in [1.165, 1.54) is 48.6 Å². The van der Waals surface area contributed by atoms with Gasteiger partial charge in [0.2, 0.25) is 0 Å². The van der Waals surface area contributed by atoms with Crippen molar-refractivity contribution in [2.45, 2.75) is 0 Å². The number of benzene rings is 3. The molecule has 182 valence electrons. The van der Waals surface area contributed by atoms with E-state index in [1.807, 2.05) is 17.5 Å². The van der Waals surface area contributed by atoms with Crippen molar-refractivity contribution in [2.75, 3.05) is 19.2 Å². The third-order valence-corrected chi connectivity index (χ3v) is 9.19. The van der Waals surface area contributed by atoms with Crippen LogP contribution in [0.4, 0.5) is 34.3 Å². The van der Waals surface area contributed by atoms with Crippen LogP contribution in [0.5, 0.6) is 0 Å². The summed E-state index contributed by atoms with van der Waals surface area (Å²) in [4.78, 5) is 14.4. The highest BCUT2D eigenvalue weighted by Gasteiger charge is 2.41. The van der Waals surface area contributed by atoms with Crippen LogP contribution in [0.3, 0.4) is 0 Å². The van der Waals surface area contributed by atoms with Gasteiger partial charge in [0, 0.05) is 27.4 Å². The van der Waals surface area contributed by atoms with Crippen molar-refractivity contribution in [3.05, 3.63) is 128 Å². The quantitative estimate of drug-likeness (QED) is 0.225. The first-order valence-electron chi connectivity index (χ1n) is 13.2. The van der Waals surface area contributed by atoms with Gasteiger partial charge in [0.1, 0.15) is 5.82 Å². The first kappa shape index (κ1) is 21.3. The van der Waals surface area contributed by atoms with Gasteiger partial charge in [0.05, 0.1) is 27.4 Å². The van der Waals surface area contributed by atoms with Gasteiger partial charge in [-0.3, -0.25) is 0 Å². The Bertz CT molecular complexity index is 1800. The van der Waals surface area contributed by atoms with E-state index in [1.54, 1.807) is 0 Å². The molecule has 8 heteroatoms. The van der Waals surface area contributed by atoms with Crippen LogP contribution in [0.2, 0.25) is 0 Å². The number of nitrogens with zero attached hydrogens (tertiary/aromatic N) is 5. The maximum absolute atomic E-state index is 4.98. The van der Waals surface area contributed by atoms with Crippen LogP contribution in [0.15, 0.2) is 128 Å². The van der Waals surface area contributed by atoms with Crippen LogP contribution in [0.1, 0.15) is 0 Å². The van der Waals surface area contributed by atoms with Crippen molar-refractivity contribution < 1.29 is 0 Å². The summed E-state index contributed by atoms with van der Waals surface area (Å²) in [5.74, 6) is 5.46. The first-order valence-corrected chi connectivity index (χ1v) is 14.0. The average Bonchev–Trinajstić information content (AvgIpc) is 3.64. The standard InChI is InChI=1S/C31H21B2N5S/c1-3-11-27-25(9-1)35-17-7-5-15-32(35)37(27)22-13-14-29-23(19-22)24-20-31(34-21-30(24)39-29)38-28-12-4-2-10-26(28)36-18-8-6-16-33(36)38/h1-21H. The maximum Gasteiger partial charge on any atom is 0.413 e. The van der Waals surface area contributed by atoms with Gasteiger partial charge in [-0.25, -0.2) is 4.98 Å². The Morgan fingerprint density at radius 3 is 1.92 bits per heavy atom. The molecule has 5 aromatic rings. The second-order valence-corrected chi connectivity index (χ2v) is 11.2. The number of thiophene rings is 1. The summed E-state index contributed by atoms with van der Waals surface area (Å²) >= 11 is 1.81. The molecule has 0 unspecified atom stereocenters. The Kier molecular flexibility index (Phi) is 4.32. The van der Waals surface area contributed by atoms with Gasteiger partial charge in [-0.15, -0.1) is 11.3 Å². The third kappa shape index (κ3) is 2.95. The molecule has 9 rings (SSSR count). The van der Waals surface area contributed by atoms with Crippen LogP contribution in [-0.4, -0.2) is 18.9 Å². The number of pyridine rings is 1. The number of hydrogen-bond acceptors (Lipinski definition) is 6. The van der Waals surface area contributed by atoms with E-state index >= 15 is 0 Å². The summed E-state index contributed by atoms with van der Waals surface area (Å²) in [6, 6.07) is 26.4. The summed E-state index contributed by atoms with van der Waals surface area (Å²) in [5.41, 5.74) is 6.03. The van der Waals surface area contributed by atoms with E-state index in [9.17, 15) is 0 Å². The lowest BCUT2D eigenvalue weighted by Gasteiger charge is -2.27. The molecule has 6 heterocycles. The Balaban J connectivity index is 1.20. The van der Waals surface area contributed by atoms with Gasteiger partial charge < -0.3 is 19.2 Å². The highest BCUT2D eigenvalue weighted by molar-refractivity contribution is 7.25. The van der Waals surface area contributed by atoms with Crippen LogP contribution >= 0.6 is 11.3 Å². The van der Waals surface area contributed by atoms with E-state index in [2.05, 4.69) is 141 Å². The summed E-state index contributed by atoms with van der Waals surface area (Å²) in [6.07, 6.45) is 14.8. The van der Waals surface area contributed by atoms with Gasteiger partial charge in [0.15, 0.2) is 0 Å². The Hall–Kier alpha value is -4.68. The van der Waals surface area contributed by atoms with E-state index < -0.39 is 0 Å². The maximum atomic E-state index is 4.98. The van der Waals surface area contributed by atoms with Crippen LogP contribution in [0.25, 0.3) is 20.2 Å². The molecule has 0 aliphatic carbocycles. The summed E-state index contributed by atoms with van der Waals surface area (Å²) in [6.45, 7) is 0.209. The third-order valence-electron chi connectivity index (χ3n) is 8.07. The van der Waals surface area contributed by atoms with E-state index in [0.717, 1.165) is 5.82 Å². The molecule has 0 spiro atoms. The normalized spacial score (nSPS) is 16.5. The van der Waals surface area contributed by atoms with Crippen molar-refractivity contribution >= 4 is 79.7 Å². The number of fused-ring (bicyclic) bond motifs is 9.